The lowest BCUT2D eigenvalue weighted by molar-refractivity contribution is -0.219. The quantitative estimate of drug-likeness (QED) is 0.261. The van der Waals surface area contributed by atoms with Crippen molar-refractivity contribution in [2.45, 2.75) is 144 Å². The third-order valence-corrected chi connectivity index (χ3v) is 15.8. The Morgan fingerprint density at radius 2 is 1.71 bits per heavy atom. The summed E-state index contributed by atoms with van der Waals surface area (Å²) in [5.74, 6) is 4.28. The van der Waals surface area contributed by atoms with Crippen molar-refractivity contribution in [3.63, 3.8) is 0 Å². The molecule has 5 saturated carbocycles. The molecule has 2 N–H and O–H groups in total. The number of allylic oxidation sites excluding steroid dienone is 3. The Balaban J connectivity index is 1.25. The van der Waals surface area contributed by atoms with E-state index < -0.39 is 0 Å². The molecule has 0 amide bonds. The van der Waals surface area contributed by atoms with Crippen LogP contribution in [0.3, 0.4) is 0 Å². The van der Waals surface area contributed by atoms with Gasteiger partial charge >= 0.3 is 5.97 Å². The van der Waals surface area contributed by atoms with Crippen LogP contribution >= 0.6 is 0 Å². The van der Waals surface area contributed by atoms with Gasteiger partial charge in [-0.2, -0.15) is 0 Å². The van der Waals surface area contributed by atoms with Crippen molar-refractivity contribution in [2.75, 3.05) is 6.61 Å². The molecule has 11 atom stereocenters. The predicted molar refractivity (Wildman–Crippen MR) is 174 cm³/mol. The predicted octanol–water partition coefficient (Wildman–Crippen LogP) is 9.65. The molecule has 5 fully saturated rings. The van der Waals surface area contributed by atoms with E-state index in [0.29, 0.717) is 40.6 Å². The minimum absolute atomic E-state index is 0.0357. The van der Waals surface area contributed by atoms with Gasteiger partial charge in [0.2, 0.25) is 0 Å². The normalized spacial score (nSPS) is 49.5. The second kappa shape index (κ2) is 10.5. The Hall–Kier alpha value is -1.09. The fourth-order valence-electron chi connectivity index (χ4n) is 13.5. The smallest absolute Gasteiger partial charge is 0.308 e. The largest absolute Gasteiger partial charge is 0.466 e. The molecule has 0 aliphatic heterocycles. The van der Waals surface area contributed by atoms with Gasteiger partial charge in [0.15, 0.2) is 0 Å². The number of carbonyl (C=O) groups excluding carboxylic acids is 1. The van der Waals surface area contributed by atoms with Crippen molar-refractivity contribution < 1.29 is 9.53 Å². The van der Waals surface area contributed by atoms with Crippen LogP contribution < -0.4 is 5.73 Å². The molecule has 11 unspecified atom stereocenters. The first-order valence-corrected chi connectivity index (χ1v) is 18.0. The number of carbonyl (C=O) groups is 1. The van der Waals surface area contributed by atoms with Gasteiger partial charge in [0.05, 0.1) is 12.5 Å². The summed E-state index contributed by atoms with van der Waals surface area (Å²) < 4.78 is 5.43. The molecule has 0 aromatic carbocycles. The maximum absolute atomic E-state index is 12.6. The standard InChI is InChI=1S/C39H63NO2/c1-9-42-34(41)27-12-10-11-26(23-27)24-28-15-18-36(6)31(35(28,4)5)17-19-38(8)32(36)14-13-30-33-29(25(2)3)16-20-39(33,40)22-21-37(30,38)7/h15,26-27,29-33H,2,9-14,16-24,40H2,1,3-8H3. The van der Waals surface area contributed by atoms with E-state index >= 15 is 0 Å². The van der Waals surface area contributed by atoms with Gasteiger partial charge in [-0.15, -0.1) is 0 Å². The van der Waals surface area contributed by atoms with E-state index in [4.69, 9.17) is 10.5 Å². The zero-order valence-corrected chi connectivity index (χ0v) is 28.3. The van der Waals surface area contributed by atoms with Gasteiger partial charge in [-0.25, -0.2) is 0 Å². The molecule has 0 radical (unpaired) electrons. The maximum Gasteiger partial charge on any atom is 0.308 e. The second-order valence-corrected chi connectivity index (χ2v) is 17.8. The topological polar surface area (TPSA) is 52.3 Å². The minimum Gasteiger partial charge on any atom is -0.466 e. The van der Waals surface area contributed by atoms with Crippen LogP contribution in [0.25, 0.3) is 0 Å². The zero-order chi connectivity index (χ0) is 30.3. The summed E-state index contributed by atoms with van der Waals surface area (Å²) in [6, 6.07) is 0. The number of hydrogen-bond acceptors (Lipinski definition) is 3. The summed E-state index contributed by atoms with van der Waals surface area (Å²) >= 11 is 0. The van der Waals surface area contributed by atoms with Crippen LogP contribution in [0.15, 0.2) is 23.8 Å². The van der Waals surface area contributed by atoms with Crippen LogP contribution in [-0.2, 0) is 9.53 Å². The SMILES string of the molecule is C=C(C)C1CCC2(N)CCC3(C)C(CCC4C5(C)CC=C(CC6CCCC(C(=O)OCC)C6)C(C)(C)C5CCC43C)C12. The third-order valence-electron chi connectivity index (χ3n) is 15.8. The monoisotopic (exact) mass is 577 g/mol. The van der Waals surface area contributed by atoms with E-state index in [2.05, 4.69) is 54.2 Å². The lowest BCUT2D eigenvalue weighted by Crippen LogP contribution is -2.67. The van der Waals surface area contributed by atoms with Crippen molar-refractivity contribution in [2.24, 2.45) is 68.8 Å². The summed E-state index contributed by atoms with van der Waals surface area (Å²) in [5.41, 5.74) is 11.7. The number of hydrogen-bond donors (Lipinski definition) is 1. The molecule has 0 bridgehead atoms. The molecule has 0 aromatic rings. The van der Waals surface area contributed by atoms with Gasteiger partial charge in [0.1, 0.15) is 0 Å². The fourth-order valence-corrected chi connectivity index (χ4v) is 13.5. The van der Waals surface area contributed by atoms with E-state index in [0.717, 1.165) is 30.6 Å². The summed E-state index contributed by atoms with van der Waals surface area (Å²) in [7, 11) is 0. The average Bonchev–Trinajstić information content (AvgIpc) is 3.29. The molecular formula is C39H63NO2. The third kappa shape index (κ3) is 4.39. The number of ether oxygens (including phenoxy) is 1. The zero-order valence-electron chi connectivity index (χ0n) is 28.3. The first kappa shape index (κ1) is 30.9. The van der Waals surface area contributed by atoms with Crippen molar-refractivity contribution >= 4 is 5.97 Å². The first-order valence-electron chi connectivity index (χ1n) is 18.0. The molecule has 236 valence electrons. The molecule has 0 heterocycles. The molecular weight excluding hydrogens is 514 g/mol. The number of rotatable bonds is 5. The van der Waals surface area contributed by atoms with E-state index in [1.54, 1.807) is 5.57 Å². The minimum atomic E-state index is 0.0357. The molecule has 0 aromatic heterocycles. The molecule has 0 saturated heterocycles. The Labute approximate surface area is 258 Å². The van der Waals surface area contributed by atoms with Crippen molar-refractivity contribution in [3.05, 3.63) is 23.8 Å². The molecule has 42 heavy (non-hydrogen) atoms. The second-order valence-electron chi connectivity index (χ2n) is 17.8. The van der Waals surface area contributed by atoms with Crippen LogP contribution in [-0.4, -0.2) is 18.1 Å². The van der Waals surface area contributed by atoms with Gasteiger partial charge in [-0.05, 0) is 148 Å². The maximum atomic E-state index is 12.6. The molecule has 6 aliphatic rings. The lowest BCUT2D eigenvalue weighted by Gasteiger charge is -2.72. The van der Waals surface area contributed by atoms with E-state index in [9.17, 15) is 4.79 Å². The number of nitrogens with two attached hydrogens (primary N) is 1. The van der Waals surface area contributed by atoms with Crippen molar-refractivity contribution in [1.82, 2.24) is 0 Å². The molecule has 3 heteroatoms. The molecule has 0 spiro atoms. The van der Waals surface area contributed by atoms with Gasteiger partial charge < -0.3 is 10.5 Å². The van der Waals surface area contributed by atoms with Crippen LogP contribution in [0.4, 0.5) is 0 Å². The molecule has 6 aliphatic carbocycles. The van der Waals surface area contributed by atoms with Crippen LogP contribution in [0.1, 0.15) is 138 Å². The van der Waals surface area contributed by atoms with Crippen molar-refractivity contribution in [3.8, 4) is 0 Å². The van der Waals surface area contributed by atoms with E-state index in [1.165, 1.54) is 82.6 Å². The highest BCUT2D eigenvalue weighted by Crippen LogP contribution is 2.76. The Morgan fingerprint density at radius 1 is 0.952 bits per heavy atom. The van der Waals surface area contributed by atoms with Gasteiger partial charge in [-0.1, -0.05) is 71.3 Å². The highest BCUT2D eigenvalue weighted by Gasteiger charge is 2.70. The van der Waals surface area contributed by atoms with Crippen LogP contribution in [0, 0.1) is 63.1 Å². The summed E-state index contributed by atoms with van der Waals surface area (Å²) in [6.45, 7) is 22.5. The average molecular weight is 578 g/mol. The van der Waals surface area contributed by atoms with Gasteiger partial charge in [0, 0.05) is 5.54 Å². The fraction of sp³-hybridized carbons (Fsp3) is 0.872. The molecule has 3 nitrogen and oxygen atoms in total. The van der Waals surface area contributed by atoms with Crippen LogP contribution in [0.5, 0.6) is 0 Å². The summed E-state index contributed by atoms with van der Waals surface area (Å²) in [4.78, 5) is 12.6. The Kier molecular flexibility index (Phi) is 7.72. The van der Waals surface area contributed by atoms with Gasteiger partial charge in [-0.3, -0.25) is 4.79 Å². The molecule has 6 rings (SSSR count). The summed E-state index contributed by atoms with van der Waals surface area (Å²) in [6.07, 6.45) is 20.0. The Morgan fingerprint density at radius 3 is 2.43 bits per heavy atom. The van der Waals surface area contributed by atoms with Gasteiger partial charge in [0.25, 0.3) is 0 Å². The number of fused-ring (bicyclic) bond motifs is 7. The first-order chi connectivity index (χ1) is 19.7. The van der Waals surface area contributed by atoms with E-state index in [-0.39, 0.29) is 22.8 Å². The van der Waals surface area contributed by atoms with E-state index in [1.807, 2.05) is 6.92 Å². The Bertz CT molecular complexity index is 1120. The number of esters is 1. The lowest BCUT2D eigenvalue weighted by atomic mass is 9.33. The highest BCUT2D eigenvalue weighted by molar-refractivity contribution is 5.72. The summed E-state index contributed by atoms with van der Waals surface area (Å²) in [5, 5.41) is 0. The van der Waals surface area contributed by atoms with Crippen molar-refractivity contribution in [1.29, 1.82) is 0 Å². The highest BCUT2D eigenvalue weighted by atomic mass is 16.5. The van der Waals surface area contributed by atoms with Crippen LogP contribution in [0.2, 0.25) is 0 Å².